The summed E-state index contributed by atoms with van der Waals surface area (Å²) in [5.41, 5.74) is 0. The third kappa shape index (κ3) is 17.3. The predicted molar refractivity (Wildman–Crippen MR) is 36.9 cm³/mol. The van der Waals surface area contributed by atoms with E-state index in [1.165, 1.54) is 0 Å². The zero-order chi connectivity index (χ0) is 6.99. The van der Waals surface area contributed by atoms with Crippen molar-refractivity contribution < 1.29 is 4.79 Å². The molecule has 0 saturated carbocycles. The predicted octanol–water partition coefficient (Wildman–Crippen LogP) is 2.40. The largest absolute Gasteiger partial charge is 0.300 e. The lowest BCUT2D eigenvalue weighted by Crippen LogP contribution is -1.84. The number of ketones is 1. The molecule has 0 amide bonds. The van der Waals surface area contributed by atoms with Gasteiger partial charge in [-0.1, -0.05) is 20.8 Å². The molecule has 0 radical (unpaired) electrons. The molecule has 50 valence electrons. The van der Waals surface area contributed by atoms with Crippen LogP contribution in [0.15, 0.2) is 0 Å². The summed E-state index contributed by atoms with van der Waals surface area (Å²) in [6.45, 7) is 7.62. The summed E-state index contributed by atoms with van der Waals surface area (Å²) in [5.74, 6) is 0.289. The topological polar surface area (TPSA) is 17.1 Å². The molecular weight excluding hydrogens is 100 g/mol. The van der Waals surface area contributed by atoms with Crippen LogP contribution >= 0.6 is 0 Å². The van der Waals surface area contributed by atoms with Crippen molar-refractivity contribution in [1.82, 2.24) is 0 Å². The second kappa shape index (κ2) is 9.83. The van der Waals surface area contributed by atoms with Gasteiger partial charge in [-0.25, -0.2) is 0 Å². The lowest BCUT2D eigenvalue weighted by atomic mass is 10.3. The second-order valence-electron chi connectivity index (χ2n) is 1.45. The Kier molecular flexibility index (Phi) is 13.0. The van der Waals surface area contributed by atoms with Gasteiger partial charge in [0.05, 0.1) is 0 Å². The molecule has 8 heavy (non-hydrogen) atoms. The number of hydrogen-bond donors (Lipinski definition) is 0. The monoisotopic (exact) mass is 116 g/mol. The van der Waals surface area contributed by atoms with Gasteiger partial charge < -0.3 is 4.79 Å². The maximum atomic E-state index is 10.0. The first-order chi connectivity index (χ1) is 3.77. The van der Waals surface area contributed by atoms with Gasteiger partial charge in [0, 0.05) is 6.42 Å². The Morgan fingerprint density at radius 3 is 1.75 bits per heavy atom. The third-order valence-electron chi connectivity index (χ3n) is 0.602. The van der Waals surface area contributed by atoms with Crippen molar-refractivity contribution in [2.24, 2.45) is 0 Å². The van der Waals surface area contributed by atoms with Crippen molar-refractivity contribution in [3.05, 3.63) is 0 Å². The lowest BCUT2D eigenvalue weighted by molar-refractivity contribution is -0.117. The van der Waals surface area contributed by atoms with Gasteiger partial charge in [-0.15, -0.1) is 0 Å². The van der Waals surface area contributed by atoms with Gasteiger partial charge in [0.2, 0.25) is 0 Å². The van der Waals surface area contributed by atoms with Gasteiger partial charge in [-0.3, -0.25) is 0 Å². The van der Waals surface area contributed by atoms with Gasteiger partial charge in [-0.05, 0) is 13.3 Å². The van der Waals surface area contributed by atoms with Crippen LogP contribution in [0.1, 0.15) is 40.5 Å². The number of carbonyl (C=O) groups is 1. The van der Waals surface area contributed by atoms with Crippen LogP contribution in [0.3, 0.4) is 0 Å². The summed E-state index contributed by atoms with van der Waals surface area (Å²) >= 11 is 0. The highest BCUT2D eigenvalue weighted by atomic mass is 16.1. The Hall–Kier alpha value is -0.330. The number of carbonyl (C=O) groups excluding carboxylic acids is 1. The molecule has 0 atom stereocenters. The molecular formula is C7H16O. The SMILES string of the molecule is CC.CCCC(C)=O. The van der Waals surface area contributed by atoms with Crippen LogP contribution in [0.25, 0.3) is 0 Å². The normalized spacial score (nSPS) is 7.00. The quantitative estimate of drug-likeness (QED) is 0.541. The fraction of sp³-hybridized carbons (Fsp3) is 0.857. The molecule has 0 bridgehead atoms. The van der Waals surface area contributed by atoms with E-state index in [0.29, 0.717) is 0 Å². The van der Waals surface area contributed by atoms with Crippen molar-refractivity contribution in [3.63, 3.8) is 0 Å². The number of Topliss-reactive ketones (excluding diaryl/α,β-unsaturated/α-hetero) is 1. The molecule has 0 unspecified atom stereocenters. The summed E-state index contributed by atoms with van der Waals surface area (Å²) in [6.07, 6.45) is 1.72. The minimum absolute atomic E-state index is 0.289. The van der Waals surface area contributed by atoms with E-state index < -0.39 is 0 Å². The molecule has 1 nitrogen and oxygen atoms in total. The Morgan fingerprint density at radius 1 is 1.38 bits per heavy atom. The second-order valence-corrected chi connectivity index (χ2v) is 1.45. The standard InChI is InChI=1S/C5H10O.C2H6/c1-3-4-5(2)6;1-2/h3-4H2,1-2H3;1-2H3. The molecule has 0 N–H and O–H groups in total. The smallest absolute Gasteiger partial charge is 0.129 e. The van der Waals surface area contributed by atoms with E-state index in [1.807, 2.05) is 20.8 Å². The summed E-state index contributed by atoms with van der Waals surface area (Å²) in [7, 11) is 0. The van der Waals surface area contributed by atoms with Gasteiger partial charge in [0.15, 0.2) is 0 Å². The fourth-order valence-corrected chi connectivity index (χ4v) is 0.352. The van der Waals surface area contributed by atoms with E-state index >= 15 is 0 Å². The highest BCUT2D eigenvalue weighted by molar-refractivity contribution is 5.75. The average Bonchev–Trinajstić information content (AvgIpc) is 1.72. The maximum absolute atomic E-state index is 10.0. The van der Waals surface area contributed by atoms with Crippen LogP contribution in [-0.2, 0) is 4.79 Å². The van der Waals surface area contributed by atoms with Crippen molar-refractivity contribution in [1.29, 1.82) is 0 Å². The van der Waals surface area contributed by atoms with E-state index in [0.717, 1.165) is 12.8 Å². The molecule has 0 aliphatic carbocycles. The summed E-state index contributed by atoms with van der Waals surface area (Å²) in [6, 6.07) is 0. The van der Waals surface area contributed by atoms with E-state index in [9.17, 15) is 4.79 Å². The lowest BCUT2D eigenvalue weighted by Gasteiger charge is -1.80. The van der Waals surface area contributed by atoms with Crippen LogP contribution in [0.4, 0.5) is 0 Å². The molecule has 1 heteroatoms. The first-order valence-electron chi connectivity index (χ1n) is 3.26. The summed E-state index contributed by atoms with van der Waals surface area (Å²) in [4.78, 5) is 10.0. The molecule has 0 aromatic heterocycles. The minimum Gasteiger partial charge on any atom is -0.300 e. The van der Waals surface area contributed by atoms with E-state index in [2.05, 4.69) is 0 Å². The maximum Gasteiger partial charge on any atom is 0.129 e. The number of hydrogen-bond acceptors (Lipinski definition) is 1. The molecule has 0 heterocycles. The molecule has 0 spiro atoms. The van der Waals surface area contributed by atoms with Crippen molar-refractivity contribution >= 4 is 5.78 Å². The molecule has 0 rings (SSSR count). The van der Waals surface area contributed by atoms with Gasteiger partial charge in [-0.2, -0.15) is 0 Å². The van der Waals surface area contributed by atoms with Gasteiger partial charge in [0.1, 0.15) is 5.78 Å². The summed E-state index contributed by atoms with van der Waals surface area (Å²) in [5, 5.41) is 0. The van der Waals surface area contributed by atoms with Crippen LogP contribution in [0.2, 0.25) is 0 Å². The van der Waals surface area contributed by atoms with Gasteiger partial charge in [0.25, 0.3) is 0 Å². The highest BCUT2D eigenvalue weighted by Crippen LogP contribution is 1.84. The fourth-order valence-electron chi connectivity index (χ4n) is 0.352. The molecule has 0 aliphatic rings. The van der Waals surface area contributed by atoms with Gasteiger partial charge >= 0.3 is 0 Å². The Labute approximate surface area is 52.1 Å². The minimum atomic E-state index is 0.289. The van der Waals surface area contributed by atoms with Crippen LogP contribution < -0.4 is 0 Å². The Morgan fingerprint density at radius 2 is 1.75 bits per heavy atom. The highest BCUT2D eigenvalue weighted by Gasteiger charge is 1.83. The molecule has 0 saturated heterocycles. The van der Waals surface area contributed by atoms with Crippen molar-refractivity contribution in [3.8, 4) is 0 Å². The first-order valence-corrected chi connectivity index (χ1v) is 3.26. The van der Waals surface area contributed by atoms with Crippen molar-refractivity contribution in [2.75, 3.05) is 0 Å². The molecule has 0 fully saturated rings. The van der Waals surface area contributed by atoms with Crippen LogP contribution in [-0.4, -0.2) is 5.78 Å². The Bertz CT molecular complexity index is 48.3. The Balaban J connectivity index is 0. The third-order valence-corrected chi connectivity index (χ3v) is 0.602. The van der Waals surface area contributed by atoms with E-state index in [1.54, 1.807) is 6.92 Å². The molecule has 0 aliphatic heterocycles. The average molecular weight is 116 g/mol. The zero-order valence-corrected chi connectivity index (χ0v) is 6.32. The van der Waals surface area contributed by atoms with Crippen LogP contribution in [0, 0.1) is 0 Å². The van der Waals surface area contributed by atoms with Crippen LogP contribution in [0.5, 0.6) is 0 Å². The first kappa shape index (κ1) is 10.6. The van der Waals surface area contributed by atoms with E-state index in [-0.39, 0.29) is 5.78 Å². The summed E-state index contributed by atoms with van der Waals surface area (Å²) < 4.78 is 0. The molecule has 0 aromatic carbocycles. The zero-order valence-electron chi connectivity index (χ0n) is 6.32. The number of rotatable bonds is 2. The molecule has 0 aromatic rings. The van der Waals surface area contributed by atoms with Crippen molar-refractivity contribution in [2.45, 2.75) is 40.5 Å². The van der Waals surface area contributed by atoms with E-state index in [4.69, 9.17) is 0 Å².